The van der Waals surface area contributed by atoms with E-state index in [1.54, 1.807) is 0 Å². The van der Waals surface area contributed by atoms with E-state index in [4.69, 9.17) is 0 Å². The zero-order chi connectivity index (χ0) is 15.5. The Morgan fingerprint density at radius 2 is 1.82 bits per heavy atom. The maximum absolute atomic E-state index is 12.6. The van der Waals surface area contributed by atoms with Crippen molar-refractivity contribution in [3.8, 4) is 0 Å². The van der Waals surface area contributed by atoms with Gasteiger partial charge >= 0.3 is 0 Å². The van der Waals surface area contributed by atoms with Gasteiger partial charge in [0.1, 0.15) is 0 Å². The fraction of sp³-hybridized carbons (Fsp3) is 0.316. The molecule has 0 saturated heterocycles. The van der Waals surface area contributed by atoms with Crippen molar-refractivity contribution in [1.29, 1.82) is 0 Å². The van der Waals surface area contributed by atoms with Crippen molar-refractivity contribution in [2.45, 2.75) is 26.3 Å². The van der Waals surface area contributed by atoms with Crippen LogP contribution >= 0.6 is 0 Å². The number of nitrogens with one attached hydrogen (secondary N) is 1. The molecule has 3 rings (SSSR count). The minimum Gasteiger partial charge on any atom is -0.375 e. The summed E-state index contributed by atoms with van der Waals surface area (Å²) in [7, 11) is 0. The number of hydrogen-bond acceptors (Lipinski definition) is 2. The van der Waals surface area contributed by atoms with E-state index < -0.39 is 0 Å². The second-order valence-corrected chi connectivity index (χ2v) is 6.23. The van der Waals surface area contributed by atoms with E-state index in [1.165, 1.54) is 5.56 Å². The minimum atomic E-state index is 0.132. The Bertz CT molecular complexity index is 651. The first-order chi connectivity index (χ1) is 10.6. The highest BCUT2D eigenvalue weighted by atomic mass is 16.2. The molecule has 114 valence electrons. The van der Waals surface area contributed by atoms with E-state index in [0.29, 0.717) is 18.9 Å². The Balaban J connectivity index is 1.93. The molecule has 1 N–H and O–H groups in total. The molecular formula is C19H22N2O. The van der Waals surface area contributed by atoms with Crippen molar-refractivity contribution in [3.63, 3.8) is 0 Å². The molecule has 1 unspecified atom stereocenters. The van der Waals surface area contributed by atoms with Crippen LogP contribution in [0.2, 0.25) is 0 Å². The van der Waals surface area contributed by atoms with Crippen molar-refractivity contribution in [3.05, 3.63) is 60.2 Å². The van der Waals surface area contributed by atoms with Crippen LogP contribution in [0.25, 0.3) is 0 Å². The lowest BCUT2D eigenvalue weighted by Gasteiger charge is -2.36. The molecule has 0 saturated carbocycles. The molecule has 2 aromatic carbocycles. The number of anilines is 2. The fourth-order valence-electron chi connectivity index (χ4n) is 2.92. The van der Waals surface area contributed by atoms with Gasteiger partial charge in [-0.25, -0.2) is 0 Å². The smallest absolute Gasteiger partial charge is 0.227 e. The molecule has 1 amide bonds. The van der Waals surface area contributed by atoms with Gasteiger partial charge in [0, 0.05) is 6.42 Å². The molecular weight excluding hydrogens is 272 g/mol. The van der Waals surface area contributed by atoms with Crippen LogP contribution in [0.15, 0.2) is 54.6 Å². The molecule has 0 fully saturated rings. The first-order valence-electron chi connectivity index (χ1n) is 7.86. The number of carbonyl (C=O) groups excluding carboxylic acids is 1. The molecule has 1 atom stereocenters. The van der Waals surface area contributed by atoms with Crippen LogP contribution < -0.4 is 10.2 Å². The van der Waals surface area contributed by atoms with Gasteiger partial charge < -0.3 is 10.2 Å². The van der Waals surface area contributed by atoms with Gasteiger partial charge in [0.2, 0.25) is 5.91 Å². The number of para-hydroxylation sites is 2. The average Bonchev–Trinajstić information content (AvgIpc) is 2.54. The second kappa shape index (κ2) is 6.22. The number of benzene rings is 2. The second-order valence-electron chi connectivity index (χ2n) is 6.23. The Morgan fingerprint density at radius 3 is 2.55 bits per heavy atom. The lowest BCUT2D eigenvalue weighted by molar-refractivity contribution is -0.119. The van der Waals surface area contributed by atoms with Crippen LogP contribution in [-0.2, 0) is 4.79 Å². The molecule has 0 aliphatic carbocycles. The third kappa shape index (κ3) is 2.98. The van der Waals surface area contributed by atoms with Crippen molar-refractivity contribution in [2.24, 2.45) is 5.92 Å². The standard InChI is InChI=1S/C19H22N2O/c1-14(2)12-19(22)21-13-17(15-8-4-3-5-9-15)20-16-10-6-7-11-18(16)21/h3-11,14,17,20H,12-13H2,1-2H3. The molecule has 0 aromatic heterocycles. The predicted molar refractivity (Wildman–Crippen MR) is 91.1 cm³/mol. The van der Waals surface area contributed by atoms with Crippen molar-refractivity contribution in [2.75, 3.05) is 16.8 Å². The third-order valence-corrected chi connectivity index (χ3v) is 3.98. The summed E-state index contributed by atoms with van der Waals surface area (Å²) in [6, 6.07) is 18.5. The van der Waals surface area contributed by atoms with Crippen LogP contribution in [-0.4, -0.2) is 12.5 Å². The highest BCUT2D eigenvalue weighted by Crippen LogP contribution is 2.36. The van der Waals surface area contributed by atoms with Gasteiger partial charge in [0.05, 0.1) is 24.0 Å². The summed E-state index contributed by atoms with van der Waals surface area (Å²) in [5.41, 5.74) is 3.22. The molecule has 0 spiro atoms. The molecule has 3 heteroatoms. The minimum absolute atomic E-state index is 0.132. The number of fused-ring (bicyclic) bond motifs is 1. The SMILES string of the molecule is CC(C)CC(=O)N1CC(c2ccccc2)Nc2ccccc21. The van der Waals surface area contributed by atoms with E-state index in [0.717, 1.165) is 11.4 Å². The summed E-state index contributed by atoms with van der Waals surface area (Å²) < 4.78 is 0. The summed E-state index contributed by atoms with van der Waals surface area (Å²) in [5, 5.41) is 3.56. The first-order valence-corrected chi connectivity index (χ1v) is 7.86. The van der Waals surface area contributed by atoms with Gasteiger partial charge in [-0.15, -0.1) is 0 Å². The van der Waals surface area contributed by atoms with Crippen LogP contribution in [0.1, 0.15) is 31.9 Å². The van der Waals surface area contributed by atoms with Crippen molar-refractivity contribution < 1.29 is 4.79 Å². The van der Waals surface area contributed by atoms with Crippen LogP contribution in [0.3, 0.4) is 0 Å². The molecule has 1 aliphatic rings. The predicted octanol–water partition coefficient (Wildman–Crippen LogP) is 4.23. The van der Waals surface area contributed by atoms with E-state index in [9.17, 15) is 4.79 Å². The van der Waals surface area contributed by atoms with Crippen molar-refractivity contribution in [1.82, 2.24) is 0 Å². The Hall–Kier alpha value is -2.29. The van der Waals surface area contributed by atoms with Crippen LogP contribution in [0.5, 0.6) is 0 Å². The van der Waals surface area contributed by atoms with E-state index in [1.807, 2.05) is 47.4 Å². The number of amides is 1. The quantitative estimate of drug-likeness (QED) is 0.918. The lowest BCUT2D eigenvalue weighted by Crippen LogP contribution is -2.41. The maximum atomic E-state index is 12.6. The zero-order valence-electron chi connectivity index (χ0n) is 13.1. The third-order valence-electron chi connectivity index (χ3n) is 3.98. The van der Waals surface area contributed by atoms with E-state index in [2.05, 4.69) is 31.3 Å². The molecule has 2 aromatic rings. The Kier molecular flexibility index (Phi) is 4.14. The summed E-state index contributed by atoms with van der Waals surface area (Å²) >= 11 is 0. The van der Waals surface area contributed by atoms with Gasteiger partial charge in [0.25, 0.3) is 0 Å². The summed E-state index contributed by atoms with van der Waals surface area (Å²) in [6.45, 7) is 4.84. The van der Waals surface area contributed by atoms with Gasteiger partial charge in [-0.3, -0.25) is 4.79 Å². The monoisotopic (exact) mass is 294 g/mol. The Morgan fingerprint density at radius 1 is 1.14 bits per heavy atom. The normalized spacial score (nSPS) is 17.0. The number of carbonyl (C=O) groups is 1. The molecule has 22 heavy (non-hydrogen) atoms. The van der Waals surface area contributed by atoms with Crippen LogP contribution in [0, 0.1) is 5.92 Å². The topological polar surface area (TPSA) is 32.3 Å². The average molecular weight is 294 g/mol. The van der Waals surface area contributed by atoms with Gasteiger partial charge in [-0.2, -0.15) is 0 Å². The summed E-state index contributed by atoms with van der Waals surface area (Å²) in [6.07, 6.45) is 0.579. The van der Waals surface area contributed by atoms with Gasteiger partial charge in [-0.1, -0.05) is 56.3 Å². The van der Waals surface area contributed by atoms with Crippen molar-refractivity contribution >= 4 is 17.3 Å². The fourth-order valence-corrected chi connectivity index (χ4v) is 2.92. The van der Waals surface area contributed by atoms with Crippen LogP contribution in [0.4, 0.5) is 11.4 Å². The van der Waals surface area contributed by atoms with Gasteiger partial charge in [0.15, 0.2) is 0 Å². The maximum Gasteiger partial charge on any atom is 0.227 e. The molecule has 0 radical (unpaired) electrons. The molecule has 0 bridgehead atoms. The number of hydrogen-bond donors (Lipinski definition) is 1. The highest BCUT2D eigenvalue weighted by molar-refractivity contribution is 5.98. The first kappa shape index (κ1) is 14.6. The molecule has 1 heterocycles. The summed E-state index contributed by atoms with van der Waals surface area (Å²) in [5.74, 6) is 0.564. The molecule has 3 nitrogen and oxygen atoms in total. The van der Waals surface area contributed by atoms with E-state index in [-0.39, 0.29) is 11.9 Å². The van der Waals surface area contributed by atoms with E-state index >= 15 is 0 Å². The number of nitrogens with zero attached hydrogens (tertiary/aromatic N) is 1. The number of rotatable bonds is 3. The highest BCUT2D eigenvalue weighted by Gasteiger charge is 2.28. The Labute approximate surface area is 132 Å². The van der Waals surface area contributed by atoms with Gasteiger partial charge in [-0.05, 0) is 23.6 Å². The molecule has 1 aliphatic heterocycles. The lowest BCUT2D eigenvalue weighted by atomic mass is 10.0. The zero-order valence-corrected chi connectivity index (χ0v) is 13.1. The summed E-state index contributed by atoms with van der Waals surface area (Å²) in [4.78, 5) is 14.6. The largest absolute Gasteiger partial charge is 0.375 e.